The molecule has 0 aromatic heterocycles. The molecule has 0 aliphatic heterocycles. The molecule has 0 saturated heterocycles. The first kappa shape index (κ1) is 15.2. The molecule has 0 bridgehead atoms. The lowest BCUT2D eigenvalue weighted by Gasteiger charge is -2.11. The first-order valence-corrected chi connectivity index (χ1v) is 6.49. The molecule has 2 rings (SSSR count). The maximum absolute atomic E-state index is 11.9. The molecule has 6 heteroatoms. The number of carbonyl (C=O) groups excluding carboxylic acids is 1. The Bertz CT molecular complexity index is 722. The summed E-state index contributed by atoms with van der Waals surface area (Å²) < 4.78 is 5.12. The van der Waals surface area contributed by atoms with Crippen LogP contribution in [0.1, 0.15) is 15.9 Å². The number of non-ortho nitro benzene ring substituents is 1. The van der Waals surface area contributed by atoms with Crippen LogP contribution in [0.3, 0.4) is 0 Å². The van der Waals surface area contributed by atoms with Gasteiger partial charge in [-0.3, -0.25) is 10.1 Å². The van der Waals surface area contributed by atoms with E-state index in [1.165, 1.54) is 18.2 Å². The summed E-state index contributed by atoms with van der Waals surface area (Å²) in [6.45, 7) is 0. The largest absolute Gasteiger partial charge is 0.443 e. The first-order valence-electron chi connectivity index (χ1n) is 6.49. The molecule has 0 amide bonds. The Hall–Kier alpha value is -3.20. The Kier molecular flexibility index (Phi) is 4.83. The third-order valence-electron chi connectivity index (χ3n) is 2.95. The summed E-state index contributed by atoms with van der Waals surface area (Å²) in [5.74, 6) is -0.599. The van der Waals surface area contributed by atoms with E-state index >= 15 is 0 Å². The normalized spacial score (nSPS) is 11.2. The highest BCUT2D eigenvalue weighted by Gasteiger charge is 2.17. The minimum atomic E-state index is -1.00. The molecule has 0 aliphatic carbocycles. The number of benzene rings is 2. The van der Waals surface area contributed by atoms with Gasteiger partial charge >= 0.3 is 5.97 Å². The van der Waals surface area contributed by atoms with Crippen LogP contribution in [0.4, 0.5) is 5.69 Å². The summed E-state index contributed by atoms with van der Waals surface area (Å²) in [5.41, 5.74) is 0.840. The minimum Gasteiger partial charge on any atom is -0.443 e. The number of hydrogen-bond acceptors (Lipinski definition) is 5. The SMILES string of the molecule is N#C[C@@H](Cc1cccc([N+](=O)[O-])c1)OC(=O)c1ccccc1. The standard InChI is InChI=1S/C16H12N2O4/c17-11-15(22-16(19)13-6-2-1-3-7-13)10-12-5-4-8-14(9-12)18(20)21/h1-9,15H,10H2/t15-/m1/s1. The van der Waals surface area contributed by atoms with E-state index < -0.39 is 17.0 Å². The number of ether oxygens (including phenoxy) is 1. The molecule has 2 aromatic rings. The molecule has 2 aromatic carbocycles. The van der Waals surface area contributed by atoms with Crippen LogP contribution in [0, 0.1) is 21.4 Å². The zero-order chi connectivity index (χ0) is 15.9. The van der Waals surface area contributed by atoms with Crippen LogP contribution < -0.4 is 0 Å². The van der Waals surface area contributed by atoms with Crippen molar-refractivity contribution in [2.45, 2.75) is 12.5 Å². The molecule has 22 heavy (non-hydrogen) atoms. The first-order chi connectivity index (χ1) is 10.6. The van der Waals surface area contributed by atoms with Crippen molar-refractivity contribution in [2.24, 2.45) is 0 Å². The number of nitro benzene ring substituents is 1. The molecule has 0 fully saturated rings. The fourth-order valence-electron chi connectivity index (χ4n) is 1.90. The van der Waals surface area contributed by atoms with E-state index in [1.807, 2.05) is 6.07 Å². The Morgan fingerprint density at radius 2 is 1.95 bits per heavy atom. The van der Waals surface area contributed by atoms with Gasteiger partial charge in [0, 0.05) is 18.6 Å². The van der Waals surface area contributed by atoms with E-state index in [0.717, 1.165) is 0 Å². The van der Waals surface area contributed by atoms with Crippen LogP contribution in [-0.2, 0) is 11.2 Å². The van der Waals surface area contributed by atoms with Gasteiger partial charge in [-0.2, -0.15) is 5.26 Å². The fraction of sp³-hybridized carbons (Fsp3) is 0.125. The van der Waals surface area contributed by atoms with Crippen molar-refractivity contribution in [3.05, 3.63) is 75.8 Å². The lowest BCUT2D eigenvalue weighted by atomic mass is 10.1. The lowest BCUT2D eigenvalue weighted by Crippen LogP contribution is -2.19. The van der Waals surface area contributed by atoms with Crippen molar-refractivity contribution in [1.29, 1.82) is 5.26 Å². The molecule has 0 unspecified atom stereocenters. The quantitative estimate of drug-likeness (QED) is 0.480. The third-order valence-corrected chi connectivity index (χ3v) is 2.95. The number of nitriles is 1. The predicted molar refractivity (Wildman–Crippen MR) is 78.1 cm³/mol. The summed E-state index contributed by atoms with van der Waals surface area (Å²) in [6, 6.07) is 16.1. The molecule has 0 saturated carbocycles. The maximum Gasteiger partial charge on any atom is 0.339 e. The molecule has 1 atom stereocenters. The Labute approximate surface area is 126 Å². The molecule has 0 radical (unpaired) electrons. The third kappa shape index (κ3) is 3.90. The molecule has 0 aliphatic rings. The van der Waals surface area contributed by atoms with Gasteiger partial charge < -0.3 is 4.74 Å². The second-order valence-electron chi connectivity index (χ2n) is 4.52. The van der Waals surface area contributed by atoms with E-state index in [4.69, 9.17) is 10.00 Å². The van der Waals surface area contributed by atoms with Crippen molar-refractivity contribution in [1.82, 2.24) is 0 Å². The van der Waals surface area contributed by atoms with Gasteiger partial charge in [-0.1, -0.05) is 30.3 Å². The Morgan fingerprint density at radius 1 is 1.23 bits per heavy atom. The van der Waals surface area contributed by atoms with Gasteiger partial charge in [0.25, 0.3) is 5.69 Å². The van der Waals surface area contributed by atoms with Crippen molar-refractivity contribution in [3.63, 3.8) is 0 Å². The van der Waals surface area contributed by atoms with Gasteiger partial charge in [0.2, 0.25) is 0 Å². The van der Waals surface area contributed by atoms with E-state index in [1.54, 1.807) is 36.4 Å². The topological polar surface area (TPSA) is 93.2 Å². The summed E-state index contributed by atoms with van der Waals surface area (Å²) in [4.78, 5) is 22.1. The maximum atomic E-state index is 11.9. The molecule has 0 spiro atoms. The molecule has 0 N–H and O–H groups in total. The van der Waals surface area contributed by atoms with Crippen LogP contribution in [0.2, 0.25) is 0 Å². The second kappa shape index (κ2) is 6.99. The predicted octanol–water partition coefficient (Wildman–Crippen LogP) is 2.89. The lowest BCUT2D eigenvalue weighted by molar-refractivity contribution is -0.384. The van der Waals surface area contributed by atoms with Crippen LogP contribution >= 0.6 is 0 Å². The summed E-state index contributed by atoms with van der Waals surface area (Å²) >= 11 is 0. The van der Waals surface area contributed by atoms with E-state index in [9.17, 15) is 14.9 Å². The van der Waals surface area contributed by atoms with Crippen molar-refractivity contribution < 1.29 is 14.5 Å². The van der Waals surface area contributed by atoms with Crippen LogP contribution in [0.25, 0.3) is 0 Å². The van der Waals surface area contributed by atoms with Gasteiger partial charge in [0.05, 0.1) is 10.5 Å². The fourth-order valence-corrected chi connectivity index (χ4v) is 1.90. The number of carbonyl (C=O) groups is 1. The number of nitrogens with zero attached hydrogens (tertiary/aromatic N) is 2. The zero-order valence-electron chi connectivity index (χ0n) is 11.5. The van der Waals surface area contributed by atoms with Crippen LogP contribution in [0.5, 0.6) is 0 Å². The van der Waals surface area contributed by atoms with Gasteiger partial charge in [-0.25, -0.2) is 4.79 Å². The summed E-state index contributed by atoms with van der Waals surface area (Å²) in [6.07, 6.45) is -0.911. The number of hydrogen-bond donors (Lipinski definition) is 0. The molecular weight excluding hydrogens is 284 g/mol. The van der Waals surface area contributed by atoms with E-state index in [0.29, 0.717) is 11.1 Å². The van der Waals surface area contributed by atoms with Crippen molar-refractivity contribution >= 4 is 11.7 Å². The average molecular weight is 296 g/mol. The summed E-state index contributed by atoms with van der Waals surface area (Å²) in [7, 11) is 0. The highest BCUT2D eigenvalue weighted by atomic mass is 16.6. The van der Waals surface area contributed by atoms with Gasteiger partial charge in [-0.05, 0) is 17.7 Å². The smallest absolute Gasteiger partial charge is 0.339 e. The summed E-state index contributed by atoms with van der Waals surface area (Å²) in [5, 5.41) is 19.8. The number of rotatable bonds is 5. The monoisotopic (exact) mass is 296 g/mol. The second-order valence-corrected chi connectivity index (χ2v) is 4.52. The van der Waals surface area contributed by atoms with Gasteiger partial charge in [0.15, 0.2) is 6.10 Å². The Morgan fingerprint density at radius 3 is 2.59 bits per heavy atom. The van der Waals surface area contributed by atoms with Gasteiger partial charge in [-0.15, -0.1) is 0 Å². The molecule has 0 heterocycles. The number of nitro groups is 1. The van der Waals surface area contributed by atoms with E-state index in [-0.39, 0.29) is 12.1 Å². The van der Waals surface area contributed by atoms with Crippen molar-refractivity contribution in [3.8, 4) is 6.07 Å². The zero-order valence-corrected chi connectivity index (χ0v) is 11.5. The highest BCUT2D eigenvalue weighted by molar-refractivity contribution is 5.89. The highest BCUT2D eigenvalue weighted by Crippen LogP contribution is 2.16. The van der Waals surface area contributed by atoms with Gasteiger partial charge in [0.1, 0.15) is 6.07 Å². The minimum absolute atomic E-state index is 0.0661. The van der Waals surface area contributed by atoms with E-state index in [2.05, 4.69) is 0 Å². The Balaban J connectivity index is 2.07. The average Bonchev–Trinajstić information content (AvgIpc) is 2.55. The molecule has 110 valence electrons. The molecular formula is C16H12N2O4. The van der Waals surface area contributed by atoms with Crippen molar-refractivity contribution in [2.75, 3.05) is 0 Å². The molecule has 6 nitrogen and oxygen atoms in total. The van der Waals surface area contributed by atoms with Crippen LogP contribution in [-0.4, -0.2) is 17.0 Å². The van der Waals surface area contributed by atoms with Crippen LogP contribution in [0.15, 0.2) is 54.6 Å². The number of esters is 1.